The predicted molar refractivity (Wildman–Crippen MR) is 127 cm³/mol. The lowest BCUT2D eigenvalue weighted by atomic mass is 9.94. The van der Waals surface area contributed by atoms with Gasteiger partial charge in [-0.3, -0.25) is 4.99 Å². The summed E-state index contributed by atoms with van der Waals surface area (Å²) in [5.41, 5.74) is 6.20. The summed E-state index contributed by atoms with van der Waals surface area (Å²) in [6.07, 6.45) is 0. The number of nitrogens with zero attached hydrogens (tertiary/aromatic N) is 1. The summed E-state index contributed by atoms with van der Waals surface area (Å²) in [7, 11) is 0. The molecular weight excluding hydrogens is 352 g/mol. The van der Waals surface area contributed by atoms with Crippen LogP contribution < -0.4 is 5.32 Å². The maximum atomic E-state index is 5.04. The lowest BCUT2D eigenvalue weighted by Crippen LogP contribution is -2.25. The maximum Gasteiger partial charge on any atom is 0.129 e. The molecule has 0 saturated heterocycles. The van der Waals surface area contributed by atoms with E-state index >= 15 is 0 Å². The van der Waals surface area contributed by atoms with Crippen LogP contribution in [0.3, 0.4) is 0 Å². The van der Waals surface area contributed by atoms with Crippen molar-refractivity contribution in [2.75, 3.05) is 0 Å². The van der Waals surface area contributed by atoms with E-state index in [0.29, 0.717) is 0 Å². The van der Waals surface area contributed by atoms with E-state index in [1.54, 1.807) is 0 Å². The lowest BCUT2D eigenvalue weighted by Gasteiger charge is -2.20. The molecule has 2 nitrogen and oxygen atoms in total. The van der Waals surface area contributed by atoms with Crippen LogP contribution in [0.1, 0.15) is 67.6 Å². The van der Waals surface area contributed by atoms with Gasteiger partial charge in [0, 0.05) is 5.56 Å². The zero-order valence-electron chi connectivity index (χ0n) is 18.6. The van der Waals surface area contributed by atoms with Gasteiger partial charge in [0.2, 0.25) is 0 Å². The maximum absolute atomic E-state index is 5.04. The van der Waals surface area contributed by atoms with E-state index in [1.807, 2.05) is 33.8 Å². The molecule has 1 N–H and O–H groups in total. The Morgan fingerprint density at radius 2 is 1.10 bits per heavy atom. The van der Waals surface area contributed by atoms with E-state index in [4.69, 9.17) is 4.99 Å². The first-order valence-corrected chi connectivity index (χ1v) is 10.7. The van der Waals surface area contributed by atoms with Crippen LogP contribution in [0.15, 0.2) is 83.9 Å². The fraction of sp³-hybridized carbons (Fsp3) is 0.296. The molecule has 0 spiro atoms. The molecule has 152 valence electrons. The zero-order valence-corrected chi connectivity index (χ0v) is 18.6. The summed E-state index contributed by atoms with van der Waals surface area (Å²) < 4.78 is 0. The Bertz CT molecular complexity index is 878. The summed E-state index contributed by atoms with van der Waals surface area (Å²) in [6, 6.07) is 28.1. The number of hydrogen-bond acceptors (Lipinski definition) is 2. The molecule has 3 aromatic rings. The van der Waals surface area contributed by atoms with Gasteiger partial charge in [-0.2, -0.15) is 0 Å². The number of benzene rings is 3. The molecule has 0 aromatic heterocycles. The number of rotatable bonds is 3. The summed E-state index contributed by atoms with van der Waals surface area (Å²) >= 11 is 0. The molecule has 0 aliphatic carbocycles. The van der Waals surface area contributed by atoms with Crippen molar-refractivity contribution in [3.05, 3.63) is 107 Å². The second kappa shape index (κ2) is 11.2. The van der Waals surface area contributed by atoms with Gasteiger partial charge < -0.3 is 5.32 Å². The average molecular weight is 387 g/mol. The van der Waals surface area contributed by atoms with Crippen LogP contribution in [0.2, 0.25) is 0 Å². The molecule has 0 fully saturated rings. The lowest BCUT2D eigenvalue weighted by molar-refractivity contribution is 0.572. The highest BCUT2D eigenvalue weighted by atomic mass is 15.1. The predicted octanol–water partition coefficient (Wildman–Crippen LogP) is 7.19. The second-order valence-electron chi connectivity index (χ2n) is 6.73. The van der Waals surface area contributed by atoms with Gasteiger partial charge in [-0.15, -0.1) is 0 Å². The largest absolute Gasteiger partial charge is 0.361 e. The first-order chi connectivity index (χ1) is 14.2. The molecular formula is C27H34N2. The van der Waals surface area contributed by atoms with E-state index < -0.39 is 0 Å². The Balaban J connectivity index is 0.000000707. The normalized spacial score (nSPS) is 17.1. The van der Waals surface area contributed by atoms with Crippen LogP contribution in [-0.4, -0.2) is 5.84 Å². The highest BCUT2D eigenvalue weighted by Gasteiger charge is 2.31. The first-order valence-electron chi connectivity index (χ1n) is 10.7. The van der Waals surface area contributed by atoms with Crippen LogP contribution in [0.5, 0.6) is 0 Å². The van der Waals surface area contributed by atoms with Crippen molar-refractivity contribution < 1.29 is 0 Å². The van der Waals surface area contributed by atoms with Crippen molar-refractivity contribution in [2.24, 2.45) is 4.99 Å². The van der Waals surface area contributed by atoms with Crippen molar-refractivity contribution in [3.63, 3.8) is 0 Å². The van der Waals surface area contributed by atoms with E-state index in [-0.39, 0.29) is 12.1 Å². The van der Waals surface area contributed by atoms with Crippen molar-refractivity contribution in [1.82, 2.24) is 5.32 Å². The Hall–Kier alpha value is -2.87. The van der Waals surface area contributed by atoms with E-state index in [9.17, 15) is 0 Å². The Labute approximate surface area is 176 Å². The molecule has 1 aliphatic rings. The van der Waals surface area contributed by atoms with Crippen LogP contribution >= 0.6 is 0 Å². The third-order valence-electron chi connectivity index (χ3n) is 4.78. The molecule has 3 aromatic carbocycles. The van der Waals surface area contributed by atoms with Crippen molar-refractivity contribution >= 4 is 5.84 Å². The van der Waals surface area contributed by atoms with E-state index in [0.717, 1.165) is 11.4 Å². The Morgan fingerprint density at radius 3 is 1.62 bits per heavy atom. The highest BCUT2D eigenvalue weighted by molar-refractivity contribution is 6.00. The molecule has 4 rings (SSSR count). The van der Waals surface area contributed by atoms with Gasteiger partial charge >= 0.3 is 0 Å². The average Bonchev–Trinajstić information content (AvgIpc) is 3.24. The van der Waals surface area contributed by atoms with Gasteiger partial charge in [0.05, 0.1) is 6.04 Å². The van der Waals surface area contributed by atoms with Gasteiger partial charge in [-0.1, -0.05) is 118 Å². The quantitative estimate of drug-likeness (QED) is 0.506. The molecule has 2 heteroatoms. The smallest absolute Gasteiger partial charge is 0.129 e. The molecule has 29 heavy (non-hydrogen) atoms. The van der Waals surface area contributed by atoms with Crippen LogP contribution in [-0.2, 0) is 0 Å². The van der Waals surface area contributed by atoms with Gasteiger partial charge in [0.15, 0.2) is 0 Å². The third kappa shape index (κ3) is 5.57. The molecule has 0 saturated carbocycles. The van der Waals surface area contributed by atoms with Crippen LogP contribution in [0, 0.1) is 13.8 Å². The fourth-order valence-corrected chi connectivity index (χ4v) is 3.30. The van der Waals surface area contributed by atoms with Crippen molar-refractivity contribution in [3.8, 4) is 0 Å². The SMILES string of the molecule is CC.CC.Cc1ccc([C@H]2NC(c3ccccc3)=N[C@H]2c2ccc(C)cc2)cc1. The zero-order chi connectivity index (χ0) is 21.2. The molecule has 0 unspecified atom stereocenters. The standard InChI is InChI=1S/C23H22N2.2C2H6/c1-16-8-12-18(13-9-16)21-22(19-14-10-17(2)11-15-19)25-23(24-21)20-6-4-3-5-7-20;2*1-2/h3-15,21-22H,1-2H3,(H,24,25);2*1-2H3/t21-,22+;;. The van der Waals surface area contributed by atoms with E-state index in [2.05, 4.69) is 92.0 Å². The molecule has 0 bridgehead atoms. The van der Waals surface area contributed by atoms with Crippen molar-refractivity contribution in [2.45, 2.75) is 53.6 Å². The minimum atomic E-state index is 0.0820. The molecule has 1 heterocycles. The minimum absolute atomic E-state index is 0.0820. The van der Waals surface area contributed by atoms with E-state index in [1.165, 1.54) is 22.3 Å². The summed E-state index contributed by atoms with van der Waals surface area (Å²) in [5, 5.41) is 3.66. The van der Waals surface area contributed by atoms with Crippen LogP contribution in [0.25, 0.3) is 0 Å². The van der Waals surface area contributed by atoms with Gasteiger partial charge in [0.1, 0.15) is 11.9 Å². The number of aryl methyl sites for hydroxylation is 2. The number of aliphatic imine (C=N–C) groups is 1. The summed E-state index contributed by atoms with van der Waals surface area (Å²) in [6.45, 7) is 12.2. The molecule has 1 aliphatic heterocycles. The molecule has 0 amide bonds. The van der Waals surface area contributed by atoms with Gasteiger partial charge in [-0.25, -0.2) is 0 Å². The third-order valence-corrected chi connectivity index (χ3v) is 4.78. The number of amidine groups is 1. The van der Waals surface area contributed by atoms with Crippen LogP contribution in [0.4, 0.5) is 0 Å². The fourth-order valence-electron chi connectivity index (χ4n) is 3.30. The Kier molecular flexibility index (Phi) is 8.67. The Morgan fingerprint density at radius 1 is 0.621 bits per heavy atom. The van der Waals surface area contributed by atoms with Gasteiger partial charge in [0.25, 0.3) is 0 Å². The monoisotopic (exact) mass is 386 g/mol. The molecule has 0 radical (unpaired) electrons. The second-order valence-corrected chi connectivity index (χ2v) is 6.73. The summed E-state index contributed by atoms with van der Waals surface area (Å²) in [5.74, 6) is 0.969. The molecule has 2 atom stereocenters. The van der Waals surface area contributed by atoms with Crippen molar-refractivity contribution in [1.29, 1.82) is 0 Å². The summed E-state index contributed by atoms with van der Waals surface area (Å²) in [4.78, 5) is 5.04. The number of nitrogens with one attached hydrogen (secondary N) is 1. The van der Waals surface area contributed by atoms with Gasteiger partial charge in [-0.05, 0) is 25.0 Å². The first kappa shape index (κ1) is 22.4. The highest BCUT2D eigenvalue weighted by Crippen LogP contribution is 2.37. The topological polar surface area (TPSA) is 24.4 Å². The minimum Gasteiger partial charge on any atom is -0.361 e. The number of hydrogen-bond donors (Lipinski definition) is 1.